The van der Waals surface area contributed by atoms with Crippen LogP contribution in [0.4, 0.5) is 5.82 Å². The van der Waals surface area contributed by atoms with E-state index in [1.807, 2.05) is 6.08 Å². The SMILES string of the molecule is C=CCn1c(C2CCCC2)nc(CC(C)(C)C)c1N. The van der Waals surface area contributed by atoms with Gasteiger partial charge in [-0.2, -0.15) is 0 Å². The molecule has 2 rings (SSSR count). The van der Waals surface area contributed by atoms with Crippen molar-refractivity contribution in [3.8, 4) is 0 Å². The first kappa shape index (κ1) is 14.2. The molecule has 1 heterocycles. The molecule has 2 N–H and O–H groups in total. The average molecular weight is 261 g/mol. The molecule has 0 saturated heterocycles. The fourth-order valence-electron chi connectivity index (χ4n) is 2.98. The van der Waals surface area contributed by atoms with E-state index in [2.05, 4.69) is 31.9 Å². The number of nitrogen functional groups attached to an aromatic ring is 1. The van der Waals surface area contributed by atoms with E-state index in [9.17, 15) is 0 Å². The van der Waals surface area contributed by atoms with E-state index in [1.165, 1.54) is 31.5 Å². The maximum Gasteiger partial charge on any atom is 0.127 e. The second kappa shape index (κ2) is 5.40. The summed E-state index contributed by atoms with van der Waals surface area (Å²) in [6, 6.07) is 0. The Morgan fingerprint density at radius 2 is 2.00 bits per heavy atom. The van der Waals surface area contributed by atoms with Crippen LogP contribution >= 0.6 is 0 Å². The van der Waals surface area contributed by atoms with Gasteiger partial charge in [-0.25, -0.2) is 4.98 Å². The highest BCUT2D eigenvalue weighted by Gasteiger charge is 2.26. The van der Waals surface area contributed by atoms with Crippen molar-refractivity contribution < 1.29 is 0 Å². The number of nitrogens with two attached hydrogens (primary N) is 1. The van der Waals surface area contributed by atoms with E-state index in [0.29, 0.717) is 5.92 Å². The Labute approximate surface area is 116 Å². The van der Waals surface area contributed by atoms with E-state index >= 15 is 0 Å². The first-order valence-corrected chi connectivity index (χ1v) is 7.38. The van der Waals surface area contributed by atoms with Crippen LogP contribution in [0, 0.1) is 5.41 Å². The molecule has 0 aromatic carbocycles. The predicted molar refractivity (Wildman–Crippen MR) is 81.2 cm³/mol. The molecular weight excluding hydrogens is 234 g/mol. The molecule has 0 atom stereocenters. The third kappa shape index (κ3) is 3.20. The van der Waals surface area contributed by atoms with Gasteiger partial charge in [-0.3, -0.25) is 0 Å². The van der Waals surface area contributed by atoms with Crippen molar-refractivity contribution in [2.45, 2.75) is 65.3 Å². The highest BCUT2D eigenvalue weighted by Crippen LogP contribution is 2.36. The van der Waals surface area contributed by atoms with Crippen LogP contribution in [0.3, 0.4) is 0 Å². The van der Waals surface area contributed by atoms with Crippen molar-refractivity contribution in [1.29, 1.82) is 0 Å². The molecule has 1 aliphatic rings. The largest absolute Gasteiger partial charge is 0.384 e. The molecule has 0 spiro atoms. The van der Waals surface area contributed by atoms with Crippen LogP contribution < -0.4 is 5.73 Å². The molecule has 3 nitrogen and oxygen atoms in total. The van der Waals surface area contributed by atoms with Gasteiger partial charge in [0.05, 0.1) is 5.69 Å². The highest BCUT2D eigenvalue weighted by molar-refractivity contribution is 5.40. The summed E-state index contributed by atoms with van der Waals surface area (Å²) >= 11 is 0. The van der Waals surface area contributed by atoms with Crippen molar-refractivity contribution in [2.24, 2.45) is 5.41 Å². The van der Waals surface area contributed by atoms with Crippen molar-refractivity contribution >= 4 is 5.82 Å². The number of allylic oxidation sites excluding steroid dienone is 1. The zero-order valence-electron chi connectivity index (χ0n) is 12.6. The van der Waals surface area contributed by atoms with Crippen LogP contribution in [0.5, 0.6) is 0 Å². The zero-order valence-corrected chi connectivity index (χ0v) is 12.6. The molecule has 0 bridgehead atoms. The Kier molecular flexibility index (Phi) is 4.02. The lowest BCUT2D eigenvalue weighted by Gasteiger charge is -2.16. The zero-order chi connectivity index (χ0) is 14.0. The maximum atomic E-state index is 6.32. The third-order valence-corrected chi connectivity index (χ3v) is 3.84. The quantitative estimate of drug-likeness (QED) is 0.835. The molecule has 0 amide bonds. The van der Waals surface area contributed by atoms with Gasteiger partial charge in [0.2, 0.25) is 0 Å². The van der Waals surface area contributed by atoms with E-state index in [0.717, 1.165) is 24.5 Å². The minimum absolute atomic E-state index is 0.217. The van der Waals surface area contributed by atoms with Gasteiger partial charge < -0.3 is 10.3 Å². The predicted octanol–water partition coefficient (Wildman–Crippen LogP) is 3.90. The lowest BCUT2D eigenvalue weighted by molar-refractivity contribution is 0.407. The lowest BCUT2D eigenvalue weighted by atomic mass is 9.90. The van der Waals surface area contributed by atoms with Gasteiger partial charge >= 0.3 is 0 Å². The number of imidazole rings is 1. The van der Waals surface area contributed by atoms with Gasteiger partial charge in [-0.1, -0.05) is 39.7 Å². The van der Waals surface area contributed by atoms with Gasteiger partial charge in [0, 0.05) is 12.5 Å². The molecule has 3 heteroatoms. The van der Waals surface area contributed by atoms with Crippen molar-refractivity contribution in [2.75, 3.05) is 5.73 Å². The molecule has 0 unspecified atom stereocenters. The molecule has 0 aliphatic heterocycles. The van der Waals surface area contributed by atoms with E-state index < -0.39 is 0 Å². The molecular formula is C16H27N3. The Bertz CT molecular complexity index is 445. The Hall–Kier alpha value is -1.25. The van der Waals surface area contributed by atoms with E-state index in [4.69, 9.17) is 10.7 Å². The summed E-state index contributed by atoms with van der Waals surface area (Å²) in [5, 5.41) is 0. The summed E-state index contributed by atoms with van der Waals surface area (Å²) in [6.07, 6.45) is 7.99. The smallest absolute Gasteiger partial charge is 0.127 e. The van der Waals surface area contributed by atoms with Crippen LogP contribution in [-0.2, 0) is 13.0 Å². The molecule has 106 valence electrons. The van der Waals surface area contributed by atoms with Gasteiger partial charge in [-0.05, 0) is 24.7 Å². The fourth-order valence-corrected chi connectivity index (χ4v) is 2.98. The molecule has 19 heavy (non-hydrogen) atoms. The Morgan fingerprint density at radius 1 is 1.37 bits per heavy atom. The highest BCUT2D eigenvalue weighted by atomic mass is 15.1. The van der Waals surface area contributed by atoms with Crippen LogP contribution in [0.1, 0.15) is 63.9 Å². The topological polar surface area (TPSA) is 43.8 Å². The number of hydrogen-bond acceptors (Lipinski definition) is 2. The van der Waals surface area contributed by atoms with Gasteiger partial charge in [0.15, 0.2) is 0 Å². The summed E-state index contributed by atoms with van der Waals surface area (Å²) in [5.41, 5.74) is 7.60. The summed E-state index contributed by atoms with van der Waals surface area (Å²) in [4.78, 5) is 4.89. The number of aromatic nitrogens is 2. The molecule has 1 aliphatic carbocycles. The normalized spacial score (nSPS) is 17.0. The monoisotopic (exact) mass is 261 g/mol. The van der Waals surface area contributed by atoms with Crippen LogP contribution in [-0.4, -0.2) is 9.55 Å². The second-order valence-corrected chi connectivity index (χ2v) is 6.92. The van der Waals surface area contributed by atoms with Crippen LogP contribution in [0.2, 0.25) is 0 Å². The maximum absolute atomic E-state index is 6.32. The van der Waals surface area contributed by atoms with Gasteiger partial charge in [0.1, 0.15) is 11.6 Å². The standard InChI is InChI=1S/C16H27N3/c1-5-10-19-14(17)13(11-16(2,3)4)18-15(19)12-8-6-7-9-12/h5,12H,1,6-11,17H2,2-4H3. The first-order chi connectivity index (χ1) is 8.92. The average Bonchev–Trinajstić information content (AvgIpc) is 2.90. The minimum Gasteiger partial charge on any atom is -0.384 e. The molecule has 1 aromatic rings. The number of nitrogens with zero attached hydrogens (tertiary/aromatic N) is 2. The number of rotatable bonds is 4. The van der Waals surface area contributed by atoms with Crippen molar-refractivity contribution in [3.63, 3.8) is 0 Å². The van der Waals surface area contributed by atoms with Crippen LogP contribution in [0.25, 0.3) is 0 Å². The Balaban J connectivity index is 2.35. The lowest BCUT2D eigenvalue weighted by Crippen LogP contribution is -2.12. The third-order valence-electron chi connectivity index (χ3n) is 3.84. The molecule has 1 fully saturated rings. The molecule has 1 aromatic heterocycles. The summed E-state index contributed by atoms with van der Waals surface area (Å²) in [7, 11) is 0. The molecule has 1 saturated carbocycles. The van der Waals surface area contributed by atoms with E-state index in [-0.39, 0.29) is 5.41 Å². The van der Waals surface area contributed by atoms with Crippen LogP contribution in [0.15, 0.2) is 12.7 Å². The van der Waals surface area contributed by atoms with Crippen molar-refractivity contribution in [1.82, 2.24) is 9.55 Å². The summed E-state index contributed by atoms with van der Waals surface area (Å²) in [6.45, 7) is 11.3. The minimum atomic E-state index is 0.217. The Morgan fingerprint density at radius 3 is 2.53 bits per heavy atom. The molecule has 0 radical (unpaired) electrons. The van der Waals surface area contributed by atoms with Gasteiger partial charge in [-0.15, -0.1) is 6.58 Å². The first-order valence-electron chi connectivity index (χ1n) is 7.38. The second-order valence-electron chi connectivity index (χ2n) is 6.92. The number of anilines is 1. The summed E-state index contributed by atoms with van der Waals surface area (Å²) in [5.74, 6) is 2.63. The summed E-state index contributed by atoms with van der Waals surface area (Å²) < 4.78 is 2.17. The van der Waals surface area contributed by atoms with Gasteiger partial charge in [0.25, 0.3) is 0 Å². The van der Waals surface area contributed by atoms with Crippen molar-refractivity contribution in [3.05, 3.63) is 24.2 Å². The van der Waals surface area contributed by atoms with E-state index in [1.54, 1.807) is 0 Å². The number of hydrogen-bond donors (Lipinski definition) is 1. The fraction of sp³-hybridized carbons (Fsp3) is 0.688.